The number of hydrogen-bond acceptors (Lipinski definition) is 3. The van der Waals surface area contributed by atoms with Crippen LogP contribution < -0.4 is 10.6 Å². The zero-order valence-corrected chi connectivity index (χ0v) is 10.7. The molecule has 18 heavy (non-hydrogen) atoms. The minimum absolute atomic E-state index is 0.381. The van der Waals surface area contributed by atoms with E-state index < -0.39 is 5.97 Å². The van der Waals surface area contributed by atoms with Gasteiger partial charge in [0.2, 0.25) is 0 Å². The molecule has 0 aromatic heterocycles. The highest BCUT2D eigenvalue weighted by Gasteiger charge is 2.15. The van der Waals surface area contributed by atoms with Crippen LogP contribution in [0.25, 0.3) is 0 Å². The second kappa shape index (κ2) is 5.87. The monoisotopic (exact) mass is 248 g/mol. The Morgan fingerprint density at radius 2 is 2.22 bits per heavy atom. The van der Waals surface area contributed by atoms with Crippen LogP contribution in [0.4, 0.5) is 5.69 Å². The first kappa shape index (κ1) is 12.9. The molecule has 0 spiro atoms. The number of benzene rings is 1. The lowest BCUT2D eigenvalue weighted by Crippen LogP contribution is -2.22. The van der Waals surface area contributed by atoms with Gasteiger partial charge in [-0.3, -0.25) is 0 Å². The van der Waals surface area contributed by atoms with Gasteiger partial charge in [-0.25, -0.2) is 4.79 Å². The summed E-state index contributed by atoms with van der Waals surface area (Å²) in [5.41, 5.74) is 2.15. The van der Waals surface area contributed by atoms with Gasteiger partial charge in [0.1, 0.15) is 0 Å². The van der Waals surface area contributed by atoms with E-state index in [-0.39, 0.29) is 0 Å². The van der Waals surface area contributed by atoms with Gasteiger partial charge in [0.25, 0.3) is 0 Å². The van der Waals surface area contributed by atoms with Crippen LogP contribution in [0, 0.1) is 6.92 Å². The van der Waals surface area contributed by atoms with Crippen molar-refractivity contribution in [3.63, 3.8) is 0 Å². The molecule has 4 heteroatoms. The van der Waals surface area contributed by atoms with E-state index in [9.17, 15) is 4.79 Å². The third-order valence-electron chi connectivity index (χ3n) is 3.50. The Balaban J connectivity index is 2.13. The molecule has 1 unspecified atom stereocenters. The lowest BCUT2D eigenvalue weighted by atomic mass is 10.0. The third kappa shape index (κ3) is 3.01. The van der Waals surface area contributed by atoms with Crippen molar-refractivity contribution >= 4 is 11.7 Å². The fourth-order valence-electron chi connectivity index (χ4n) is 2.41. The van der Waals surface area contributed by atoms with E-state index in [0.29, 0.717) is 11.6 Å². The van der Waals surface area contributed by atoms with Crippen LogP contribution in [0.5, 0.6) is 0 Å². The van der Waals surface area contributed by atoms with Gasteiger partial charge in [-0.1, -0.05) is 6.07 Å². The molecule has 1 aromatic carbocycles. The first-order chi connectivity index (χ1) is 8.68. The molecule has 98 valence electrons. The molecule has 1 atom stereocenters. The van der Waals surface area contributed by atoms with Gasteiger partial charge in [-0.05, 0) is 57.0 Å². The highest BCUT2D eigenvalue weighted by Crippen LogP contribution is 2.21. The predicted octanol–water partition coefficient (Wildman–Crippen LogP) is 2.25. The molecule has 1 aromatic rings. The van der Waals surface area contributed by atoms with Crippen LogP contribution in [0.1, 0.15) is 35.2 Å². The standard InChI is InChI=1S/C14H20N2O2/c1-10-12(14(17)18)5-2-6-13(10)16-11-4-3-8-15-9-7-11/h2,5-6,11,15-16H,3-4,7-9H2,1H3,(H,17,18). The molecule has 1 saturated heterocycles. The number of nitrogens with one attached hydrogen (secondary N) is 2. The van der Waals surface area contributed by atoms with Crippen molar-refractivity contribution in [3.05, 3.63) is 29.3 Å². The maximum atomic E-state index is 11.1. The van der Waals surface area contributed by atoms with Crippen LogP contribution in [-0.4, -0.2) is 30.2 Å². The number of carboxylic acid groups (broad SMARTS) is 1. The summed E-state index contributed by atoms with van der Waals surface area (Å²) in [5, 5.41) is 16.0. The second-order valence-electron chi connectivity index (χ2n) is 4.81. The molecule has 2 rings (SSSR count). The lowest BCUT2D eigenvalue weighted by Gasteiger charge is -2.19. The molecule has 1 heterocycles. The summed E-state index contributed by atoms with van der Waals surface area (Å²) in [5.74, 6) is -0.862. The predicted molar refractivity (Wildman–Crippen MR) is 72.3 cm³/mol. The van der Waals surface area contributed by atoms with E-state index in [1.165, 1.54) is 0 Å². The van der Waals surface area contributed by atoms with Crippen molar-refractivity contribution in [3.8, 4) is 0 Å². The number of rotatable bonds is 3. The van der Waals surface area contributed by atoms with Crippen LogP contribution in [0.3, 0.4) is 0 Å². The first-order valence-electron chi connectivity index (χ1n) is 6.48. The third-order valence-corrected chi connectivity index (χ3v) is 3.50. The Bertz CT molecular complexity index is 424. The van der Waals surface area contributed by atoms with Gasteiger partial charge in [0.15, 0.2) is 0 Å². The van der Waals surface area contributed by atoms with Crippen molar-refractivity contribution in [1.29, 1.82) is 0 Å². The van der Waals surface area contributed by atoms with Crippen LogP contribution in [0.15, 0.2) is 18.2 Å². The van der Waals surface area contributed by atoms with Gasteiger partial charge in [-0.2, -0.15) is 0 Å². The van der Waals surface area contributed by atoms with Crippen molar-refractivity contribution in [2.24, 2.45) is 0 Å². The van der Waals surface area contributed by atoms with E-state index >= 15 is 0 Å². The fraction of sp³-hybridized carbons (Fsp3) is 0.500. The van der Waals surface area contributed by atoms with Gasteiger partial charge < -0.3 is 15.7 Å². The maximum absolute atomic E-state index is 11.1. The summed E-state index contributed by atoms with van der Waals surface area (Å²) < 4.78 is 0. The number of anilines is 1. The molecule has 1 fully saturated rings. The fourth-order valence-corrected chi connectivity index (χ4v) is 2.41. The Hall–Kier alpha value is -1.55. The Morgan fingerprint density at radius 1 is 1.39 bits per heavy atom. The zero-order chi connectivity index (χ0) is 13.0. The zero-order valence-electron chi connectivity index (χ0n) is 10.7. The molecular formula is C14H20N2O2. The molecule has 4 nitrogen and oxygen atoms in total. The summed E-state index contributed by atoms with van der Waals surface area (Å²) in [6.07, 6.45) is 3.37. The Labute approximate surface area is 107 Å². The summed E-state index contributed by atoms with van der Waals surface area (Å²) in [7, 11) is 0. The van der Waals surface area contributed by atoms with E-state index in [2.05, 4.69) is 10.6 Å². The SMILES string of the molecule is Cc1c(NC2CCCNCC2)cccc1C(=O)O. The molecule has 1 aliphatic rings. The largest absolute Gasteiger partial charge is 0.478 e. The van der Waals surface area contributed by atoms with Gasteiger partial charge in [0, 0.05) is 11.7 Å². The highest BCUT2D eigenvalue weighted by atomic mass is 16.4. The molecule has 0 aliphatic carbocycles. The summed E-state index contributed by atoms with van der Waals surface area (Å²) in [4.78, 5) is 11.1. The first-order valence-corrected chi connectivity index (χ1v) is 6.48. The van der Waals surface area contributed by atoms with Gasteiger partial charge in [0.05, 0.1) is 5.56 Å². The minimum atomic E-state index is -0.862. The number of carboxylic acids is 1. The summed E-state index contributed by atoms with van der Waals surface area (Å²) in [6.45, 7) is 3.96. The highest BCUT2D eigenvalue weighted by molar-refractivity contribution is 5.91. The average Bonchev–Trinajstić information content (AvgIpc) is 2.60. The number of aromatic carboxylic acids is 1. The normalized spacial score (nSPS) is 20.2. The Kier molecular flexibility index (Phi) is 4.20. The number of hydrogen-bond donors (Lipinski definition) is 3. The van der Waals surface area contributed by atoms with E-state index in [1.54, 1.807) is 12.1 Å². The molecular weight excluding hydrogens is 228 g/mol. The van der Waals surface area contributed by atoms with Crippen molar-refractivity contribution < 1.29 is 9.90 Å². The number of carbonyl (C=O) groups is 1. The van der Waals surface area contributed by atoms with E-state index in [4.69, 9.17) is 5.11 Å². The van der Waals surface area contributed by atoms with Crippen LogP contribution in [0.2, 0.25) is 0 Å². The topological polar surface area (TPSA) is 61.4 Å². The lowest BCUT2D eigenvalue weighted by molar-refractivity contribution is 0.0696. The summed E-state index contributed by atoms with van der Waals surface area (Å²) >= 11 is 0. The second-order valence-corrected chi connectivity index (χ2v) is 4.81. The van der Waals surface area contributed by atoms with Crippen molar-refractivity contribution in [1.82, 2.24) is 5.32 Å². The average molecular weight is 248 g/mol. The van der Waals surface area contributed by atoms with Gasteiger partial charge in [-0.15, -0.1) is 0 Å². The molecule has 0 saturated carbocycles. The molecule has 0 amide bonds. The van der Waals surface area contributed by atoms with E-state index in [1.807, 2.05) is 13.0 Å². The quantitative estimate of drug-likeness (QED) is 0.767. The smallest absolute Gasteiger partial charge is 0.336 e. The van der Waals surface area contributed by atoms with Crippen LogP contribution in [-0.2, 0) is 0 Å². The molecule has 1 aliphatic heterocycles. The minimum Gasteiger partial charge on any atom is -0.478 e. The molecule has 0 radical (unpaired) electrons. The van der Waals surface area contributed by atoms with Crippen LogP contribution >= 0.6 is 0 Å². The summed E-state index contributed by atoms with van der Waals surface area (Å²) in [6, 6.07) is 5.84. The van der Waals surface area contributed by atoms with E-state index in [0.717, 1.165) is 43.6 Å². The molecule has 3 N–H and O–H groups in total. The van der Waals surface area contributed by atoms with Gasteiger partial charge >= 0.3 is 5.97 Å². The maximum Gasteiger partial charge on any atom is 0.336 e. The Morgan fingerprint density at radius 3 is 3.00 bits per heavy atom. The van der Waals surface area contributed by atoms with Crippen molar-refractivity contribution in [2.45, 2.75) is 32.2 Å². The van der Waals surface area contributed by atoms with Crippen molar-refractivity contribution in [2.75, 3.05) is 18.4 Å². The molecule has 0 bridgehead atoms.